The Morgan fingerprint density at radius 3 is 2.78 bits per heavy atom. The number of rotatable bonds is 5. The van der Waals surface area contributed by atoms with Crippen LogP contribution in [-0.2, 0) is 15.0 Å². The van der Waals surface area contributed by atoms with Gasteiger partial charge in [0.15, 0.2) is 0 Å². The van der Waals surface area contributed by atoms with Gasteiger partial charge in [-0.3, -0.25) is 4.79 Å². The van der Waals surface area contributed by atoms with E-state index < -0.39 is 28.3 Å². The lowest BCUT2D eigenvalue weighted by Crippen LogP contribution is -2.49. The highest BCUT2D eigenvalue weighted by atomic mass is 32.2. The van der Waals surface area contributed by atoms with Crippen molar-refractivity contribution in [3.8, 4) is 6.07 Å². The van der Waals surface area contributed by atoms with E-state index >= 15 is 0 Å². The van der Waals surface area contributed by atoms with Crippen LogP contribution in [0.5, 0.6) is 0 Å². The number of carboxylic acid groups (broad SMARTS) is 1. The largest absolute Gasteiger partial charge is 0.480 e. The minimum absolute atomic E-state index is 0.0707. The molecular formula is C10H17N3O4S. The predicted octanol–water partition coefficient (Wildman–Crippen LogP) is 0.0142. The summed E-state index contributed by atoms with van der Waals surface area (Å²) in [6.07, 6.45) is 0.938. The average Bonchev–Trinajstić information content (AvgIpc) is 2.77. The summed E-state index contributed by atoms with van der Waals surface area (Å²) in [5, 5.41) is 17.6. The lowest BCUT2D eigenvalue weighted by molar-refractivity contribution is -0.140. The molecule has 1 fully saturated rings. The van der Waals surface area contributed by atoms with Crippen LogP contribution in [0.2, 0.25) is 0 Å². The maximum Gasteiger partial charge on any atom is 0.322 e. The number of hydrogen-bond acceptors (Lipinski definition) is 4. The maximum atomic E-state index is 12.2. The SMILES string of the molecule is CC(CC#N)N(C)S(=O)(=O)N1CCC[C@@H]1C(=O)O. The molecule has 7 nitrogen and oxygen atoms in total. The molecule has 1 rings (SSSR count). The second kappa shape index (κ2) is 5.65. The molecule has 0 amide bonds. The zero-order chi connectivity index (χ0) is 13.9. The maximum absolute atomic E-state index is 12.2. The molecule has 0 bridgehead atoms. The van der Waals surface area contributed by atoms with E-state index in [1.807, 2.05) is 6.07 Å². The van der Waals surface area contributed by atoms with Crippen molar-refractivity contribution in [1.82, 2.24) is 8.61 Å². The fourth-order valence-corrected chi connectivity index (χ4v) is 3.65. The molecule has 0 radical (unpaired) electrons. The molecule has 8 heteroatoms. The second-order valence-electron chi connectivity index (χ2n) is 4.34. The third kappa shape index (κ3) is 2.80. The van der Waals surface area contributed by atoms with Gasteiger partial charge in [-0.25, -0.2) is 0 Å². The number of aliphatic carboxylic acids is 1. The number of carboxylic acids is 1. The molecule has 18 heavy (non-hydrogen) atoms. The second-order valence-corrected chi connectivity index (χ2v) is 6.28. The van der Waals surface area contributed by atoms with Gasteiger partial charge in [0.2, 0.25) is 0 Å². The lowest BCUT2D eigenvalue weighted by atomic mass is 10.2. The van der Waals surface area contributed by atoms with E-state index in [-0.39, 0.29) is 13.0 Å². The standard InChI is InChI=1S/C10H17N3O4S/c1-8(5-6-11)12(2)18(16,17)13-7-3-4-9(13)10(14)15/h8-9H,3-5,7H2,1-2H3,(H,14,15)/t8?,9-/m1/s1. The quantitative estimate of drug-likeness (QED) is 0.761. The summed E-state index contributed by atoms with van der Waals surface area (Å²) in [4.78, 5) is 11.0. The zero-order valence-electron chi connectivity index (χ0n) is 10.4. The molecule has 2 atom stereocenters. The van der Waals surface area contributed by atoms with E-state index in [0.717, 1.165) is 8.61 Å². The Morgan fingerprint density at radius 1 is 1.67 bits per heavy atom. The third-order valence-corrected chi connectivity index (χ3v) is 5.27. The van der Waals surface area contributed by atoms with E-state index in [0.29, 0.717) is 12.8 Å². The zero-order valence-corrected chi connectivity index (χ0v) is 11.2. The van der Waals surface area contributed by atoms with Crippen molar-refractivity contribution in [1.29, 1.82) is 5.26 Å². The van der Waals surface area contributed by atoms with Crippen molar-refractivity contribution in [3.05, 3.63) is 0 Å². The van der Waals surface area contributed by atoms with Crippen molar-refractivity contribution in [2.24, 2.45) is 0 Å². The minimum Gasteiger partial charge on any atom is -0.480 e. The first-order chi connectivity index (χ1) is 8.32. The highest BCUT2D eigenvalue weighted by Crippen LogP contribution is 2.24. The van der Waals surface area contributed by atoms with E-state index in [1.165, 1.54) is 7.05 Å². The summed E-state index contributed by atoms with van der Waals surface area (Å²) < 4.78 is 26.6. The molecule has 1 aliphatic rings. The first kappa shape index (κ1) is 14.9. The number of hydrogen-bond donors (Lipinski definition) is 1. The van der Waals surface area contributed by atoms with Crippen LogP contribution in [0.25, 0.3) is 0 Å². The summed E-state index contributed by atoms with van der Waals surface area (Å²) >= 11 is 0. The van der Waals surface area contributed by atoms with Crippen molar-refractivity contribution in [3.63, 3.8) is 0 Å². The lowest BCUT2D eigenvalue weighted by Gasteiger charge is -2.29. The molecule has 102 valence electrons. The molecule has 0 saturated carbocycles. The Kier molecular flexibility index (Phi) is 4.67. The molecule has 1 heterocycles. The smallest absolute Gasteiger partial charge is 0.322 e. The molecule has 1 N–H and O–H groups in total. The summed E-state index contributed by atoms with van der Waals surface area (Å²) in [6, 6.07) is 0.434. The Balaban J connectivity index is 2.93. The summed E-state index contributed by atoms with van der Waals surface area (Å²) in [7, 11) is -2.45. The van der Waals surface area contributed by atoms with Crippen molar-refractivity contribution < 1.29 is 18.3 Å². The first-order valence-corrected chi connectivity index (χ1v) is 7.06. The van der Waals surface area contributed by atoms with Gasteiger partial charge in [0.05, 0.1) is 12.5 Å². The number of nitrogens with zero attached hydrogens (tertiary/aromatic N) is 3. The average molecular weight is 275 g/mol. The molecule has 1 saturated heterocycles. The Labute approximate surface area is 107 Å². The third-order valence-electron chi connectivity index (χ3n) is 3.16. The minimum atomic E-state index is -3.82. The van der Waals surface area contributed by atoms with Gasteiger partial charge in [0.1, 0.15) is 6.04 Å². The predicted molar refractivity (Wildman–Crippen MR) is 63.7 cm³/mol. The van der Waals surface area contributed by atoms with Gasteiger partial charge in [-0.2, -0.15) is 22.3 Å². The summed E-state index contributed by atoms with van der Waals surface area (Å²) in [5.41, 5.74) is 0. The molecule has 0 aliphatic carbocycles. The van der Waals surface area contributed by atoms with Crippen LogP contribution in [-0.4, -0.2) is 53.8 Å². The molecule has 0 aromatic carbocycles. The van der Waals surface area contributed by atoms with Crippen LogP contribution in [0, 0.1) is 11.3 Å². The molecule has 0 spiro atoms. The Hall–Kier alpha value is -1.17. The van der Waals surface area contributed by atoms with Crippen molar-refractivity contribution in [2.75, 3.05) is 13.6 Å². The van der Waals surface area contributed by atoms with Gasteiger partial charge in [-0.15, -0.1) is 0 Å². The van der Waals surface area contributed by atoms with Crippen LogP contribution in [0.1, 0.15) is 26.2 Å². The highest BCUT2D eigenvalue weighted by Gasteiger charge is 2.41. The fraction of sp³-hybridized carbons (Fsp3) is 0.800. The Bertz CT molecular complexity index is 456. The molecular weight excluding hydrogens is 258 g/mol. The van der Waals surface area contributed by atoms with Crippen LogP contribution in [0.4, 0.5) is 0 Å². The molecule has 1 aliphatic heterocycles. The molecule has 0 aromatic rings. The van der Waals surface area contributed by atoms with Crippen molar-refractivity contribution in [2.45, 2.75) is 38.3 Å². The normalized spacial score (nSPS) is 22.9. The van der Waals surface area contributed by atoms with Gasteiger partial charge >= 0.3 is 5.97 Å². The van der Waals surface area contributed by atoms with Gasteiger partial charge < -0.3 is 5.11 Å². The monoisotopic (exact) mass is 275 g/mol. The highest BCUT2D eigenvalue weighted by molar-refractivity contribution is 7.86. The van der Waals surface area contributed by atoms with Crippen LogP contribution in [0.15, 0.2) is 0 Å². The molecule has 1 unspecified atom stereocenters. The summed E-state index contributed by atoms with van der Waals surface area (Å²) in [6.45, 7) is 1.83. The van der Waals surface area contributed by atoms with E-state index in [1.54, 1.807) is 6.92 Å². The molecule has 0 aromatic heterocycles. The summed E-state index contributed by atoms with van der Waals surface area (Å²) in [5.74, 6) is -1.13. The van der Waals surface area contributed by atoms with Crippen LogP contribution < -0.4 is 0 Å². The topological polar surface area (TPSA) is 102 Å². The van der Waals surface area contributed by atoms with Crippen LogP contribution in [0.3, 0.4) is 0 Å². The van der Waals surface area contributed by atoms with E-state index in [2.05, 4.69) is 0 Å². The van der Waals surface area contributed by atoms with Gasteiger partial charge in [0, 0.05) is 19.6 Å². The fourth-order valence-electron chi connectivity index (χ4n) is 1.92. The number of carbonyl (C=O) groups is 1. The first-order valence-electron chi connectivity index (χ1n) is 5.67. The van der Waals surface area contributed by atoms with Crippen LogP contribution >= 0.6 is 0 Å². The van der Waals surface area contributed by atoms with E-state index in [4.69, 9.17) is 10.4 Å². The van der Waals surface area contributed by atoms with Gasteiger partial charge in [-0.1, -0.05) is 0 Å². The number of nitriles is 1. The van der Waals surface area contributed by atoms with Gasteiger partial charge in [-0.05, 0) is 19.8 Å². The van der Waals surface area contributed by atoms with Crippen molar-refractivity contribution >= 4 is 16.2 Å². The van der Waals surface area contributed by atoms with E-state index in [9.17, 15) is 13.2 Å². The Morgan fingerprint density at radius 2 is 2.28 bits per heavy atom. The van der Waals surface area contributed by atoms with Gasteiger partial charge in [0.25, 0.3) is 10.2 Å².